The molecule has 0 spiro atoms. The summed E-state index contributed by atoms with van der Waals surface area (Å²) in [6.07, 6.45) is 1.59. The first kappa shape index (κ1) is 9.25. The summed E-state index contributed by atoms with van der Waals surface area (Å²) in [5.41, 5.74) is 3.09. The maximum Gasteiger partial charge on any atom is 0.166 e. The largest absolute Gasteiger partial charge is 0.382 e. The van der Waals surface area contributed by atoms with Crippen LogP contribution in [-0.4, -0.2) is 11.8 Å². The lowest BCUT2D eigenvalue weighted by Crippen LogP contribution is -2.26. The molecule has 1 N–H and O–H groups in total. The number of carbonyl (C=O) groups excluding carboxylic acids is 1. The summed E-state index contributed by atoms with van der Waals surface area (Å²) >= 11 is 0. The summed E-state index contributed by atoms with van der Waals surface area (Å²) in [5, 5.41) is 3.32. The van der Waals surface area contributed by atoms with Crippen LogP contribution in [0.25, 0.3) is 0 Å². The van der Waals surface area contributed by atoms with Crippen LogP contribution in [0.3, 0.4) is 0 Å². The highest BCUT2D eigenvalue weighted by Crippen LogP contribution is 2.25. The smallest absolute Gasteiger partial charge is 0.166 e. The number of aryl methyl sites for hydroxylation is 1. The van der Waals surface area contributed by atoms with E-state index in [0.717, 1.165) is 17.7 Å². The first-order valence-electron chi connectivity index (χ1n) is 5.13. The molecule has 0 saturated carbocycles. The fourth-order valence-corrected chi connectivity index (χ4v) is 1.87. The van der Waals surface area contributed by atoms with Gasteiger partial charge in [-0.2, -0.15) is 0 Å². The fraction of sp³-hybridized carbons (Fsp3) is 0.417. The van der Waals surface area contributed by atoms with Crippen LogP contribution in [0.4, 0.5) is 5.69 Å². The minimum atomic E-state index is 0.265. The number of carbonyl (C=O) groups is 1. The Morgan fingerprint density at radius 2 is 2.29 bits per heavy atom. The first-order chi connectivity index (χ1) is 6.70. The summed E-state index contributed by atoms with van der Waals surface area (Å²) < 4.78 is 0. The molecule has 1 atom stereocenters. The Bertz CT molecular complexity index is 371. The van der Waals surface area contributed by atoms with Crippen LogP contribution >= 0.6 is 0 Å². The molecule has 0 aromatic heterocycles. The maximum atomic E-state index is 11.7. The molecule has 1 aromatic rings. The third-order valence-electron chi connectivity index (χ3n) is 2.69. The zero-order valence-electron chi connectivity index (χ0n) is 8.63. The number of anilines is 1. The Hall–Kier alpha value is -1.31. The van der Waals surface area contributed by atoms with Gasteiger partial charge in [0.05, 0.1) is 0 Å². The van der Waals surface area contributed by atoms with Crippen LogP contribution < -0.4 is 5.32 Å². The molecule has 0 radical (unpaired) electrons. The monoisotopic (exact) mass is 189 g/mol. The average Bonchev–Trinajstić information content (AvgIpc) is 2.17. The molecule has 0 amide bonds. The number of hydrogen-bond donors (Lipinski definition) is 1. The van der Waals surface area contributed by atoms with Crippen LogP contribution in [0.5, 0.6) is 0 Å². The molecule has 1 heterocycles. The third kappa shape index (κ3) is 1.52. The van der Waals surface area contributed by atoms with Gasteiger partial charge < -0.3 is 5.32 Å². The quantitative estimate of drug-likeness (QED) is 0.735. The number of ketones is 1. The Morgan fingerprint density at radius 3 is 3.00 bits per heavy atom. The lowest BCUT2D eigenvalue weighted by atomic mass is 9.95. The molecule has 0 saturated heterocycles. The molecule has 2 rings (SSSR count). The highest BCUT2D eigenvalue weighted by atomic mass is 16.1. The third-order valence-corrected chi connectivity index (χ3v) is 2.69. The zero-order chi connectivity index (χ0) is 10.1. The van der Waals surface area contributed by atoms with Crippen molar-refractivity contribution >= 4 is 11.5 Å². The number of rotatable bonds is 1. The molecule has 2 nitrogen and oxygen atoms in total. The predicted octanol–water partition coefficient (Wildman–Crippen LogP) is 2.64. The van der Waals surface area contributed by atoms with Crippen LogP contribution in [0.15, 0.2) is 18.2 Å². The molecule has 0 bridgehead atoms. The Morgan fingerprint density at radius 1 is 1.50 bits per heavy atom. The summed E-state index contributed by atoms with van der Waals surface area (Å²) in [7, 11) is 0. The van der Waals surface area contributed by atoms with E-state index in [1.807, 2.05) is 19.1 Å². The van der Waals surface area contributed by atoms with E-state index in [-0.39, 0.29) is 11.8 Å². The van der Waals surface area contributed by atoms with E-state index in [2.05, 4.69) is 18.3 Å². The lowest BCUT2D eigenvalue weighted by Gasteiger charge is -2.23. The Labute approximate surface area is 84.3 Å². The van der Waals surface area contributed by atoms with Crippen LogP contribution in [0.2, 0.25) is 0 Å². The van der Waals surface area contributed by atoms with Crippen molar-refractivity contribution in [3.8, 4) is 0 Å². The molecule has 14 heavy (non-hydrogen) atoms. The molecule has 1 aromatic carbocycles. The van der Waals surface area contributed by atoms with E-state index in [1.54, 1.807) is 0 Å². The van der Waals surface area contributed by atoms with Crippen LogP contribution in [-0.2, 0) is 6.42 Å². The normalized spacial score (nSPS) is 20.1. The van der Waals surface area contributed by atoms with Gasteiger partial charge >= 0.3 is 0 Å². The SMILES string of the molecule is CCc1ccc2c(c1)C(=O)CC(C)N2. The van der Waals surface area contributed by atoms with Gasteiger partial charge in [-0.15, -0.1) is 0 Å². The second kappa shape index (κ2) is 3.45. The molecule has 1 aliphatic rings. The molecule has 2 heteroatoms. The summed E-state index contributed by atoms with van der Waals surface area (Å²) in [4.78, 5) is 11.7. The summed E-state index contributed by atoms with van der Waals surface area (Å²) in [6, 6.07) is 6.37. The van der Waals surface area contributed by atoms with Crippen LogP contribution in [0, 0.1) is 0 Å². The molecule has 74 valence electrons. The van der Waals surface area contributed by atoms with Gasteiger partial charge in [0.25, 0.3) is 0 Å². The van der Waals surface area contributed by atoms with Gasteiger partial charge in [-0.3, -0.25) is 4.79 Å². The van der Waals surface area contributed by atoms with Crippen molar-refractivity contribution in [2.45, 2.75) is 32.7 Å². The second-order valence-corrected chi connectivity index (χ2v) is 3.91. The molecule has 1 aliphatic heterocycles. The standard InChI is InChI=1S/C12H15NO/c1-3-9-4-5-11-10(7-9)12(14)6-8(2)13-11/h4-5,7-8,13H,3,6H2,1-2H3. The molecule has 0 aliphatic carbocycles. The van der Waals surface area contributed by atoms with Gasteiger partial charge in [-0.1, -0.05) is 13.0 Å². The first-order valence-corrected chi connectivity index (χ1v) is 5.13. The number of Topliss-reactive ketones (excluding diaryl/α,β-unsaturated/α-hetero) is 1. The maximum absolute atomic E-state index is 11.7. The van der Waals surface area contributed by atoms with E-state index < -0.39 is 0 Å². The molecule has 1 unspecified atom stereocenters. The average molecular weight is 189 g/mol. The van der Waals surface area contributed by atoms with Gasteiger partial charge in [0.15, 0.2) is 5.78 Å². The van der Waals surface area contributed by atoms with Gasteiger partial charge in [0, 0.05) is 23.7 Å². The Balaban J connectivity index is 2.44. The molecular formula is C12H15NO. The van der Waals surface area contributed by atoms with E-state index in [1.165, 1.54) is 5.56 Å². The van der Waals surface area contributed by atoms with Crippen molar-refractivity contribution in [2.75, 3.05) is 5.32 Å². The lowest BCUT2D eigenvalue weighted by molar-refractivity contribution is 0.0974. The summed E-state index contributed by atoms with van der Waals surface area (Å²) in [5.74, 6) is 0.265. The topological polar surface area (TPSA) is 29.1 Å². The van der Waals surface area contributed by atoms with Crippen molar-refractivity contribution in [3.63, 3.8) is 0 Å². The van der Waals surface area contributed by atoms with Gasteiger partial charge in [0.2, 0.25) is 0 Å². The zero-order valence-corrected chi connectivity index (χ0v) is 8.63. The van der Waals surface area contributed by atoms with E-state index in [4.69, 9.17) is 0 Å². The molecule has 0 fully saturated rings. The van der Waals surface area contributed by atoms with E-state index >= 15 is 0 Å². The van der Waals surface area contributed by atoms with Crippen molar-refractivity contribution in [2.24, 2.45) is 0 Å². The molecular weight excluding hydrogens is 174 g/mol. The minimum Gasteiger partial charge on any atom is -0.382 e. The number of hydrogen-bond acceptors (Lipinski definition) is 2. The van der Waals surface area contributed by atoms with Crippen molar-refractivity contribution in [1.29, 1.82) is 0 Å². The van der Waals surface area contributed by atoms with Crippen molar-refractivity contribution in [1.82, 2.24) is 0 Å². The van der Waals surface area contributed by atoms with E-state index in [0.29, 0.717) is 6.42 Å². The van der Waals surface area contributed by atoms with Crippen molar-refractivity contribution < 1.29 is 4.79 Å². The number of fused-ring (bicyclic) bond motifs is 1. The minimum absolute atomic E-state index is 0.265. The Kier molecular flexibility index (Phi) is 2.28. The van der Waals surface area contributed by atoms with Gasteiger partial charge in [-0.25, -0.2) is 0 Å². The second-order valence-electron chi connectivity index (χ2n) is 3.91. The fourth-order valence-electron chi connectivity index (χ4n) is 1.87. The van der Waals surface area contributed by atoms with Crippen LogP contribution in [0.1, 0.15) is 36.2 Å². The van der Waals surface area contributed by atoms with E-state index in [9.17, 15) is 4.79 Å². The highest BCUT2D eigenvalue weighted by molar-refractivity contribution is 6.03. The highest BCUT2D eigenvalue weighted by Gasteiger charge is 2.21. The van der Waals surface area contributed by atoms with Crippen molar-refractivity contribution in [3.05, 3.63) is 29.3 Å². The van der Waals surface area contributed by atoms with Gasteiger partial charge in [-0.05, 0) is 31.0 Å². The number of nitrogens with one attached hydrogen (secondary N) is 1. The summed E-state index contributed by atoms with van der Waals surface area (Å²) in [6.45, 7) is 4.14. The predicted molar refractivity (Wildman–Crippen MR) is 57.9 cm³/mol. The van der Waals surface area contributed by atoms with Gasteiger partial charge in [0.1, 0.15) is 0 Å². The number of benzene rings is 1.